The summed E-state index contributed by atoms with van der Waals surface area (Å²) in [5, 5.41) is 3.58. The van der Waals surface area contributed by atoms with Gasteiger partial charge in [-0.1, -0.05) is 12.1 Å². The fourth-order valence-corrected chi connectivity index (χ4v) is 3.31. The molecule has 106 valence electrons. The second kappa shape index (κ2) is 4.22. The first-order chi connectivity index (χ1) is 9.73. The summed E-state index contributed by atoms with van der Waals surface area (Å²) in [5.41, 5.74) is 0.926. The molecule has 4 nitrogen and oxygen atoms in total. The van der Waals surface area contributed by atoms with Gasteiger partial charge in [0, 0.05) is 6.04 Å². The van der Waals surface area contributed by atoms with Gasteiger partial charge in [0.1, 0.15) is 17.5 Å². The topological polar surface area (TPSA) is 41.6 Å². The molecule has 0 bridgehead atoms. The number of hydrogen-bond acceptors (Lipinski definition) is 3. The average molecular weight is 272 g/mol. The van der Waals surface area contributed by atoms with Crippen LogP contribution in [-0.4, -0.2) is 29.5 Å². The largest absolute Gasteiger partial charge is 0.497 e. The molecule has 1 heterocycles. The summed E-state index contributed by atoms with van der Waals surface area (Å²) >= 11 is 0. The van der Waals surface area contributed by atoms with Crippen molar-refractivity contribution in [1.82, 2.24) is 10.2 Å². The highest BCUT2D eigenvalue weighted by Crippen LogP contribution is 2.48. The summed E-state index contributed by atoms with van der Waals surface area (Å²) in [6.45, 7) is 0. The minimum Gasteiger partial charge on any atom is -0.497 e. The third-order valence-corrected chi connectivity index (χ3v) is 4.98. The van der Waals surface area contributed by atoms with Crippen LogP contribution in [0.5, 0.6) is 5.75 Å². The van der Waals surface area contributed by atoms with E-state index in [2.05, 4.69) is 22.3 Å². The van der Waals surface area contributed by atoms with Crippen LogP contribution in [0.4, 0.5) is 0 Å². The van der Waals surface area contributed by atoms with Gasteiger partial charge in [-0.2, -0.15) is 0 Å². The number of ether oxygens (including phenoxy) is 1. The molecule has 4 heteroatoms. The van der Waals surface area contributed by atoms with Gasteiger partial charge in [-0.25, -0.2) is 0 Å². The number of benzene rings is 1. The van der Waals surface area contributed by atoms with Crippen molar-refractivity contribution in [3.63, 3.8) is 0 Å². The minimum atomic E-state index is -0.236. The quantitative estimate of drug-likeness (QED) is 0.917. The minimum absolute atomic E-state index is 0.0428. The van der Waals surface area contributed by atoms with Gasteiger partial charge in [-0.15, -0.1) is 0 Å². The molecule has 1 atom stereocenters. The summed E-state index contributed by atoms with van der Waals surface area (Å²) in [7, 11) is 1.67. The predicted octanol–water partition coefficient (Wildman–Crippen LogP) is 2.21. The van der Waals surface area contributed by atoms with Crippen LogP contribution in [0.15, 0.2) is 24.3 Å². The Morgan fingerprint density at radius 3 is 2.45 bits per heavy atom. The summed E-state index contributed by atoms with van der Waals surface area (Å²) in [6, 6.07) is 8.51. The van der Waals surface area contributed by atoms with Gasteiger partial charge in [-0.3, -0.25) is 10.1 Å². The Hall–Kier alpha value is -1.55. The number of nitrogens with zero attached hydrogens (tertiary/aromatic N) is 1. The molecule has 1 aromatic rings. The molecule has 20 heavy (non-hydrogen) atoms. The molecule has 1 spiro atoms. The second-order valence-corrected chi connectivity index (χ2v) is 6.20. The fourth-order valence-electron chi connectivity index (χ4n) is 3.31. The van der Waals surface area contributed by atoms with Crippen LogP contribution < -0.4 is 10.1 Å². The molecule has 1 unspecified atom stereocenters. The van der Waals surface area contributed by atoms with Crippen molar-refractivity contribution in [3.8, 4) is 5.75 Å². The molecule has 3 aliphatic rings. The van der Waals surface area contributed by atoms with E-state index in [-0.39, 0.29) is 11.7 Å². The lowest BCUT2D eigenvalue weighted by molar-refractivity contribution is -0.134. The third-order valence-electron chi connectivity index (χ3n) is 4.98. The van der Waals surface area contributed by atoms with E-state index in [1.807, 2.05) is 12.1 Å². The average Bonchev–Trinajstić information content (AvgIpc) is 3.15. The molecular weight excluding hydrogens is 252 g/mol. The molecule has 1 aromatic carbocycles. The van der Waals surface area contributed by atoms with E-state index in [4.69, 9.17) is 4.74 Å². The van der Waals surface area contributed by atoms with Gasteiger partial charge in [0.2, 0.25) is 5.91 Å². The van der Waals surface area contributed by atoms with E-state index >= 15 is 0 Å². The molecule has 3 fully saturated rings. The maximum absolute atomic E-state index is 12.7. The van der Waals surface area contributed by atoms with Crippen molar-refractivity contribution in [1.29, 1.82) is 0 Å². The predicted molar refractivity (Wildman–Crippen MR) is 75.3 cm³/mol. The number of carbonyl (C=O) groups excluding carboxylic acids is 1. The van der Waals surface area contributed by atoms with Crippen LogP contribution in [0.25, 0.3) is 0 Å². The number of carbonyl (C=O) groups is 1. The van der Waals surface area contributed by atoms with Crippen LogP contribution in [0.2, 0.25) is 0 Å². The van der Waals surface area contributed by atoms with Gasteiger partial charge in [0.25, 0.3) is 0 Å². The van der Waals surface area contributed by atoms with Crippen LogP contribution >= 0.6 is 0 Å². The zero-order valence-corrected chi connectivity index (χ0v) is 11.8. The Balaban J connectivity index is 1.65. The van der Waals surface area contributed by atoms with Gasteiger partial charge >= 0.3 is 0 Å². The highest BCUT2D eigenvalue weighted by Gasteiger charge is 2.60. The Bertz CT molecular complexity index is 532. The van der Waals surface area contributed by atoms with Crippen molar-refractivity contribution < 1.29 is 9.53 Å². The number of rotatable bonds is 3. The Morgan fingerprint density at radius 1 is 1.25 bits per heavy atom. The zero-order chi connectivity index (χ0) is 13.7. The van der Waals surface area contributed by atoms with E-state index in [1.54, 1.807) is 7.11 Å². The van der Waals surface area contributed by atoms with E-state index in [1.165, 1.54) is 6.42 Å². The summed E-state index contributed by atoms with van der Waals surface area (Å²) in [4.78, 5) is 14.8. The lowest BCUT2D eigenvalue weighted by Gasteiger charge is -2.38. The van der Waals surface area contributed by atoms with Crippen LogP contribution in [-0.2, 0) is 4.79 Å². The molecule has 2 saturated carbocycles. The molecule has 1 aliphatic heterocycles. The van der Waals surface area contributed by atoms with E-state index in [0.29, 0.717) is 11.9 Å². The normalized spacial score (nSPS) is 27.8. The monoisotopic (exact) mass is 272 g/mol. The van der Waals surface area contributed by atoms with Crippen molar-refractivity contribution in [2.24, 2.45) is 0 Å². The van der Waals surface area contributed by atoms with Crippen LogP contribution in [0.1, 0.15) is 43.8 Å². The maximum Gasteiger partial charge on any atom is 0.244 e. The molecular formula is C16H20N2O2. The summed E-state index contributed by atoms with van der Waals surface area (Å²) in [6.07, 6.45) is 5.56. The lowest BCUT2D eigenvalue weighted by Crippen LogP contribution is -2.44. The molecule has 4 rings (SSSR count). The first kappa shape index (κ1) is 12.2. The molecule has 0 aromatic heterocycles. The highest BCUT2D eigenvalue weighted by atomic mass is 16.5. The number of amides is 1. The molecule has 0 radical (unpaired) electrons. The smallest absolute Gasteiger partial charge is 0.244 e. The summed E-state index contributed by atoms with van der Waals surface area (Å²) < 4.78 is 5.21. The van der Waals surface area contributed by atoms with Crippen molar-refractivity contribution >= 4 is 5.91 Å². The number of hydrogen-bond donors (Lipinski definition) is 1. The van der Waals surface area contributed by atoms with E-state index in [9.17, 15) is 4.79 Å². The van der Waals surface area contributed by atoms with E-state index in [0.717, 1.165) is 37.0 Å². The maximum atomic E-state index is 12.7. The molecule has 1 saturated heterocycles. The van der Waals surface area contributed by atoms with Crippen LogP contribution in [0.3, 0.4) is 0 Å². The first-order valence-corrected chi connectivity index (χ1v) is 7.48. The number of nitrogens with one attached hydrogen (secondary N) is 1. The van der Waals surface area contributed by atoms with Gasteiger partial charge in [0.15, 0.2) is 0 Å². The van der Waals surface area contributed by atoms with Gasteiger partial charge in [0.05, 0.1) is 7.11 Å². The van der Waals surface area contributed by atoms with Crippen LogP contribution in [0, 0.1) is 0 Å². The van der Waals surface area contributed by atoms with Gasteiger partial charge in [-0.05, 0) is 49.8 Å². The lowest BCUT2D eigenvalue weighted by atomic mass is 9.90. The third kappa shape index (κ3) is 1.67. The fraction of sp³-hybridized carbons (Fsp3) is 0.562. The first-order valence-electron chi connectivity index (χ1n) is 7.48. The highest BCUT2D eigenvalue weighted by molar-refractivity contribution is 5.92. The molecule has 2 aliphatic carbocycles. The number of methoxy groups -OCH3 is 1. The standard InChI is InChI=1S/C16H20N2O2/c1-20-13-7-5-11(6-8-13)14-17-16(9-10-16)15(19)18(14)12-3-2-4-12/h5-8,12,14,17H,2-4,9-10H2,1H3. The Morgan fingerprint density at radius 2 is 1.95 bits per heavy atom. The Kier molecular flexibility index (Phi) is 2.58. The van der Waals surface area contributed by atoms with Gasteiger partial charge < -0.3 is 9.64 Å². The van der Waals surface area contributed by atoms with Crippen molar-refractivity contribution in [3.05, 3.63) is 29.8 Å². The molecule has 1 N–H and O–H groups in total. The summed E-state index contributed by atoms with van der Waals surface area (Å²) in [5.74, 6) is 1.18. The molecule has 1 amide bonds. The zero-order valence-electron chi connectivity index (χ0n) is 11.8. The Labute approximate surface area is 119 Å². The second-order valence-electron chi connectivity index (χ2n) is 6.20. The SMILES string of the molecule is COc1ccc(C2NC3(CC3)C(=O)N2C2CCC2)cc1. The van der Waals surface area contributed by atoms with E-state index < -0.39 is 0 Å². The van der Waals surface area contributed by atoms with Crippen molar-refractivity contribution in [2.45, 2.75) is 49.9 Å². The van der Waals surface area contributed by atoms with Crippen molar-refractivity contribution in [2.75, 3.05) is 7.11 Å².